The molecular formula is C19H24N6O2S. The predicted octanol–water partition coefficient (Wildman–Crippen LogP) is 1.68. The summed E-state index contributed by atoms with van der Waals surface area (Å²) < 4.78 is 6.97. The summed E-state index contributed by atoms with van der Waals surface area (Å²) in [5.74, 6) is -0.369. The van der Waals surface area contributed by atoms with Crippen molar-refractivity contribution in [3.63, 3.8) is 0 Å². The first-order valence-electron chi connectivity index (χ1n) is 9.00. The van der Waals surface area contributed by atoms with Gasteiger partial charge in [-0.3, -0.25) is 0 Å². The molecule has 1 aromatic carbocycles. The van der Waals surface area contributed by atoms with E-state index >= 15 is 0 Å². The molecule has 0 saturated carbocycles. The van der Waals surface area contributed by atoms with E-state index < -0.39 is 6.04 Å². The Morgan fingerprint density at radius 2 is 2.18 bits per heavy atom. The zero-order valence-electron chi connectivity index (χ0n) is 16.4. The van der Waals surface area contributed by atoms with Gasteiger partial charge < -0.3 is 20.3 Å². The van der Waals surface area contributed by atoms with Gasteiger partial charge in [-0.15, -0.1) is 5.10 Å². The summed E-state index contributed by atoms with van der Waals surface area (Å²) >= 11 is 5.29. The van der Waals surface area contributed by atoms with Crippen LogP contribution in [0.5, 0.6) is 0 Å². The van der Waals surface area contributed by atoms with E-state index in [9.17, 15) is 4.79 Å². The topological polar surface area (TPSA) is 84.3 Å². The van der Waals surface area contributed by atoms with Crippen LogP contribution in [0, 0.1) is 0 Å². The summed E-state index contributed by atoms with van der Waals surface area (Å²) in [4.78, 5) is 14.6. The van der Waals surface area contributed by atoms with E-state index in [0.717, 1.165) is 16.9 Å². The van der Waals surface area contributed by atoms with Gasteiger partial charge in [0, 0.05) is 12.2 Å². The van der Waals surface area contributed by atoms with Crippen LogP contribution in [0.3, 0.4) is 0 Å². The second-order valence-corrected chi connectivity index (χ2v) is 7.19. The molecule has 148 valence electrons. The van der Waals surface area contributed by atoms with Gasteiger partial charge in [0.2, 0.25) is 0 Å². The Balaban J connectivity index is 1.95. The molecule has 1 atom stereocenters. The van der Waals surface area contributed by atoms with Gasteiger partial charge in [-0.2, -0.15) is 0 Å². The molecule has 1 aromatic heterocycles. The van der Waals surface area contributed by atoms with Crippen molar-refractivity contribution in [2.45, 2.75) is 26.4 Å². The number of rotatable bonds is 6. The van der Waals surface area contributed by atoms with Crippen LogP contribution >= 0.6 is 12.2 Å². The van der Waals surface area contributed by atoms with Crippen LogP contribution in [0.25, 0.3) is 5.69 Å². The largest absolute Gasteiger partial charge is 0.463 e. The number of benzene rings is 1. The zero-order valence-corrected chi connectivity index (χ0v) is 17.2. The average Bonchev–Trinajstić information content (AvgIpc) is 3.09. The fourth-order valence-electron chi connectivity index (χ4n) is 3.09. The second-order valence-electron chi connectivity index (χ2n) is 6.78. The number of carbonyl (C=O) groups excluding carboxylic acids is 1. The van der Waals surface area contributed by atoms with Crippen LogP contribution in [0.2, 0.25) is 0 Å². The highest BCUT2D eigenvalue weighted by Gasteiger charge is 2.31. The zero-order chi connectivity index (χ0) is 20.3. The van der Waals surface area contributed by atoms with Gasteiger partial charge >= 0.3 is 5.97 Å². The van der Waals surface area contributed by atoms with E-state index in [1.54, 1.807) is 11.6 Å². The lowest BCUT2D eigenvalue weighted by Gasteiger charge is -2.30. The maximum Gasteiger partial charge on any atom is 0.338 e. The molecule has 9 heteroatoms. The Morgan fingerprint density at radius 1 is 1.39 bits per heavy atom. The number of aromatic nitrogens is 3. The molecule has 0 radical (unpaired) electrons. The van der Waals surface area contributed by atoms with E-state index in [-0.39, 0.29) is 5.97 Å². The Hall–Kier alpha value is -2.78. The second kappa shape index (κ2) is 8.49. The van der Waals surface area contributed by atoms with Gasteiger partial charge in [0.05, 0.1) is 35.8 Å². The molecular weight excluding hydrogens is 376 g/mol. The molecule has 2 N–H and O–H groups in total. The minimum atomic E-state index is -0.405. The van der Waals surface area contributed by atoms with Gasteiger partial charge in [0.15, 0.2) is 5.11 Å². The lowest BCUT2D eigenvalue weighted by atomic mass is 9.95. The maximum absolute atomic E-state index is 12.5. The van der Waals surface area contributed by atoms with Crippen LogP contribution in [0.1, 0.15) is 31.1 Å². The number of allylic oxidation sites excluding steroid dienone is 1. The third kappa shape index (κ3) is 4.37. The van der Waals surface area contributed by atoms with Crippen LogP contribution in [0.4, 0.5) is 0 Å². The first-order chi connectivity index (χ1) is 13.4. The molecule has 0 bridgehead atoms. The molecule has 1 unspecified atom stereocenters. The van der Waals surface area contributed by atoms with Gasteiger partial charge in [0.1, 0.15) is 0 Å². The molecule has 0 spiro atoms. The summed E-state index contributed by atoms with van der Waals surface area (Å²) in [6.07, 6.45) is 1.90. The fraction of sp³-hybridized carbons (Fsp3) is 0.368. The van der Waals surface area contributed by atoms with E-state index in [0.29, 0.717) is 29.5 Å². The number of thiocarbonyl (C=S) groups is 1. The summed E-state index contributed by atoms with van der Waals surface area (Å²) in [5, 5.41) is 15.1. The smallest absolute Gasteiger partial charge is 0.338 e. The van der Waals surface area contributed by atoms with E-state index in [4.69, 9.17) is 17.0 Å². The Labute approximate surface area is 169 Å². The Kier molecular flexibility index (Phi) is 6.05. The van der Waals surface area contributed by atoms with Crippen molar-refractivity contribution in [3.05, 3.63) is 53.0 Å². The van der Waals surface area contributed by atoms with Crippen molar-refractivity contribution >= 4 is 23.3 Å². The normalized spacial score (nSPS) is 16.8. The van der Waals surface area contributed by atoms with E-state index in [1.807, 2.05) is 56.4 Å². The van der Waals surface area contributed by atoms with Gasteiger partial charge in [-0.1, -0.05) is 17.3 Å². The number of carbonyl (C=O) groups is 1. The number of hydrogen-bond acceptors (Lipinski definition) is 6. The Bertz CT molecular complexity index is 921. The average molecular weight is 401 g/mol. The van der Waals surface area contributed by atoms with Gasteiger partial charge in [-0.05, 0) is 57.9 Å². The van der Waals surface area contributed by atoms with Gasteiger partial charge in [-0.25, -0.2) is 9.48 Å². The summed E-state index contributed by atoms with van der Waals surface area (Å²) in [6.45, 7) is 4.62. The van der Waals surface area contributed by atoms with Gasteiger partial charge in [0.25, 0.3) is 0 Å². The van der Waals surface area contributed by atoms with Crippen molar-refractivity contribution in [2.75, 3.05) is 20.7 Å². The van der Waals surface area contributed by atoms with Crippen LogP contribution < -0.4 is 10.6 Å². The molecule has 3 rings (SSSR count). The van der Waals surface area contributed by atoms with E-state index in [2.05, 4.69) is 20.9 Å². The molecule has 1 aliphatic heterocycles. The highest BCUT2D eigenvalue weighted by atomic mass is 32.1. The quantitative estimate of drug-likeness (QED) is 0.560. The van der Waals surface area contributed by atoms with E-state index in [1.165, 1.54) is 0 Å². The van der Waals surface area contributed by atoms with Crippen molar-refractivity contribution in [1.82, 2.24) is 30.5 Å². The monoisotopic (exact) mass is 400 g/mol. The van der Waals surface area contributed by atoms with Crippen molar-refractivity contribution < 1.29 is 9.53 Å². The highest BCUT2D eigenvalue weighted by molar-refractivity contribution is 7.80. The first kappa shape index (κ1) is 20.0. The lowest BCUT2D eigenvalue weighted by Crippen LogP contribution is -2.45. The molecule has 8 nitrogen and oxygen atoms in total. The molecule has 0 aliphatic carbocycles. The maximum atomic E-state index is 12.5. The van der Waals surface area contributed by atoms with Crippen molar-refractivity contribution in [1.29, 1.82) is 0 Å². The third-order valence-corrected chi connectivity index (χ3v) is 4.47. The number of hydrogen-bond donors (Lipinski definition) is 2. The first-order valence-corrected chi connectivity index (χ1v) is 9.41. The molecule has 2 heterocycles. The van der Waals surface area contributed by atoms with Crippen LogP contribution in [-0.4, -0.2) is 51.7 Å². The summed E-state index contributed by atoms with van der Waals surface area (Å²) in [7, 11) is 3.97. The number of nitrogens with zero attached hydrogens (tertiary/aromatic N) is 4. The fourth-order valence-corrected chi connectivity index (χ4v) is 3.36. The van der Waals surface area contributed by atoms with Crippen LogP contribution in [0.15, 0.2) is 41.7 Å². The molecule has 1 aliphatic rings. The molecule has 0 saturated heterocycles. The summed E-state index contributed by atoms with van der Waals surface area (Å²) in [6, 6.07) is 7.36. The SMILES string of the molecule is CCOC(=O)C1=C(C)NC(=S)NC1c1cccc(-n2cc(CN(C)C)nn2)c1. The minimum absolute atomic E-state index is 0.306. The molecule has 28 heavy (non-hydrogen) atoms. The molecule has 0 amide bonds. The number of nitrogens with one attached hydrogen (secondary N) is 2. The third-order valence-electron chi connectivity index (χ3n) is 4.25. The molecule has 0 fully saturated rings. The van der Waals surface area contributed by atoms with Crippen molar-refractivity contribution in [3.8, 4) is 5.69 Å². The standard InChI is InChI=1S/C19H24N6O2S/c1-5-27-18(26)16-12(2)20-19(28)21-17(16)13-7-6-8-15(9-13)25-11-14(22-23-25)10-24(3)4/h6-9,11,17H,5,10H2,1-4H3,(H2,20,21,28). The number of esters is 1. The van der Waals surface area contributed by atoms with Crippen molar-refractivity contribution in [2.24, 2.45) is 0 Å². The summed E-state index contributed by atoms with van der Waals surface area (Å²) in [5.41, 5.74) is 3.81. The number of ether oxygens (including phenoxy) is 1. The predicted molar refractivity (Wildman–Crippen MR) is 110 cm³/mol. The molecule has 2 aromatic rings. The minimum Gasteiger partial charge on any atom is -0.463 e. The lowest BCUT2D eigenvalue weighted by molar-refractivity contribution is -0.139. The highest BCUT2D eigenvalue weighted by Crippen LogP contribution is 2.28. The van der Waals surface area contributed by atoms with Crippen LogP contribution in [-0.2, 0) is 16.1 Å². The Morgan fingerprint density at radius 3 is 2.89 bits per heavy atom.